The summed E-state index contributed by atoms with van der Waals surface area (Å²) in [6.07, 6.45) is 8.19. The van der Waals surface area contributed by atoms with Crippen LogP contribution in [0.2, 0.25) is 127 Å². The summed E-state index contributed by atoms with van der Waals surface area (Å²) in [5, 5.41) is 12.8. The first-order valence-corrected chi connectivity index (χ1v) is 71.8. The van der Waals surface area contributed by atoms with Crippen molar-refractivity contribution in [1.29, 1.82) is 0 Å². The predicted octanol–water partition coefficient (Wildman–Crippen LogP) is 26.2. The third-order valence-electron chi connectivity index (χ3n) is 33.3. The van der Waals surface area contributed by atoms with Crippen molar-refractivity contribution < 1.29 is 103 Å². The molecule has 0 radical (unpaired) electrons. The molecule has 2 spiro atoms. The number of rotatable bonds is 52. The van der Waals surface area contributed by atoms with E-state index in [1.54, 1.807) is 20.3 Å². The van der Waals surface area contributed by atoms with Gasteiger partial charge in [0.2, 0.25) is 0 Å². The van der Waals surface area contributed by atoms with Crippen LogP contribution < -0.4 is 0 Å². The quantitative estimate of drug-likeness (QED) is 0.0195. The third-order valence-corrected chi connectivity index (χ3v) is 63.4. The van der Waals surface area contributed by atoms with E-state index in [0.29, 0.717) is 82.6 Å². The number of aliphatic hydroxyl groups is 1. The van der Waals surface area contributed by atoms with Gasteiger partial charge in [-0.1, -0.05) is 234 Å². The third kappa shape index (κ3) is 31.9. The van der Waals surface area contributed by atoms with Gasteiger partial charge in [0.25, 0.3) is 14.3 Å². The average molecular weight is 2020 g/mol. The largest absolute Gasteiger partial charge is 0.518 e. The lowest BCUT2D eigenvalue weighted by Crippen LogP contribution is -2.69. The number of unbranched alkanes of at least 4 members (excludes halogenated alkanes) is 1. The van der Waals surface area contributed by atoms with Crippen LogP contribution in [-0.2, 0) is 97.5 Å². The molecule has 0 amide bonds. The molecule has 6 fully saturated rings. The lowest BCUT2D eigenvalue weighted by molar-refractivity contribution is -0.354. The molecule has 0 unspecified atom stereocenters. The van der Waals surface area contributed by atoms with Crippen LogP contribution in [0.5, 0.6) is 0 Å². The maximum atomic E-state index is 15.5. The molecular weight excluding hydrogens is 1820 g/mol. The van der Waals surface area contributed by atoms with Crippen molar-refractivity contribution in [2.24, 2.45) is 23.7 Å². The molecule has 6 heterocycles. The minimum absolute atomic E-state index is 0.00530. The highest BCUT2D eigenvalue weighted by atomic mass is 28.4. The number of Topliss-reactive ketones (excluding diaryl/α,β-unsaturated/α-hetero) is 1. The predicted molar refractivity (Wildman–Crippen MR) is 563 cm³/mol. The van der Waals surface area contributed by atoms with E-state index in [2.05, 4.69) is 237 Å². The molecule has 0 aromatic heterocycles. The van der Waals surface area contributed by atoms with Gasteiger partial charge in [0, 0.05) is 110 Å². The van der Waals surface area contributed by atoms with Gasteiger partial charge in [0.15, 0.2) is 67.3 Å². The van der Waals surface area contributed by atoms with E-state index < -0.39 is 172 Å². The number of methoxy groups -OCH3 is 2. The van der Waals surface area contributed by atoms with E-state index in [-0.39, 0.29) is 106 Å². The van der Waals surface area contributed by atoms with Gasteiger partial charge >= 0.3 is 11.9 Å². The summed E-state index contributed by atoms with van der Waals surface area (Å²) in [5.41, 5.74) is 1.37. The topological polar surface area (TPSA) is 245 Å². The van der Waals surface area contributed by atoms with Gasteiger partial charge in [-0.15, -0.1) is 0 Å². The number of ether oxygens (including phenoxy) is 10. The zero-order valence-corrected chi connectivity index (χ0v) is 99.2. The maximum Gasteiger partial charge on any atom is 0.302 e. The zero-order valence-electron chi connectivity index (χ0n) is 92.2. The number of carbonyl (C=O) groups is 4. The molecule has 0 bridgehead atoms. The van der Waals surface area contributed by atoms with Gasteiger partial charge in [-0.2, -0.15) is 0 Å². The number of hydrogen-bond acceptors (Lipinski definition) is 22. The molecular formula is C106H198O22Si7. The van der Waals surface area contributed by atoms with Gasteiger partial charge in [-0.3, -0.25) is 19.2 Å². The van der Waals surface area contributed by atoms with Crippen molar-refractivity contribution in [3.8, 4) is 0 Å². The Kier molecular flexibility index (Phi) is 45.6. The lowest BCUT2D eigenvalue weighted by Gasteiger charge is -2.57. The van der Waals surface area contributed by atoms with E-state index in [1.165, 1.54) is 13.8 Å². The first kappa shape index (κ1) is 121. The van der Waals surface area contributed by atoms with Crippen molar-refractivity contribution in [3.05, 3.63) is 61.3 Å². The number of ketones is 1. The Morgan fingerprint density at radius 1 is 0.578 bits per heavy atom. The van der Waals surface area contributed by atoms with E-state index in [0.717, 1.165) is 66.4 Å². The second-order valence-electron chi connectivity index (χ2n) is 47.1. The molecule has 0 aliphatic carbocycles. The van der Waals surface area contributed by atoms with E-state index in [1.807, 2.05) is 19.9 Å². The van der Waals surface area contributed by atoms with Crippen LogP contribution in [0.1, 0.15) is 303 Å². The molecule has 6 aliphatic rings. The summed E-state index contributed by atoms with van der Waals surface area (Å²) in [6, 6.07) is 8.06. The highest BCUT2D eigenvalue weighted by molar-refractivity contribution is 6.79. The standard InChI is InChI=1S/C106H198O22Si7/c1-41-51-55-84(122-129(34,35)36)58-75(17)59-93-96(111)98(126-132(42-2,43-3)44-4)80(22)99(116-93)100(127-133(45-5,46-6)47-7)106(113-33)70-94(124-131(39,40)102(28,29)30)79(21)92(121-106)57-54-52-53-56-83-61-90(123-130(37,38)101(25,26)27)69-104(117-83)67-87(112-32)62-85(118-104)64-91(109)78(20)97(115-82(24)108)77(19)76(18)60-89-66-103(31,128-134(48-8,49-9)50-10)71-105(120-89)68-88(114-81(23)107)63-86(119-105)65-95(110)125-135(72(11)12,73(13)14)74(15)16/h41,51,53,55-56,72-74,77-80,83-90,92-94,96-100,111H,1,17-18,42-50,52,54,57-71H2,2-16,19-40H3/b55-51+,56-53-/t77-,78-,79+,80-,83+,84-,85+,86-,87+,88+,89+,90+,92-,93-,94+,96-,97+,98-,99-,100+,103+,104+,105-,106-/m1/s1. The first-order valence-electron chi connectivity index (χ1n) is 52.8. The van der Waals surface area contributed by atoms with Crippen molar-refractivity contribution >= 4 is 81.9 Å². The molecule has 24 atom stereocenters. The molecule has 1 N–H and O–H groups in total. The Morgan fingerprint density at radius 3 is 1.63 bits per heavy atom. The van der Waals surface area contributed by atoms with Gasteiger partial charge in [-0.25, -0.2) is 0 Å². The Hall–Kier alpha value is -2.30. The van der Waals surface area contributed by atoms with E-state index in [9.17, 15) is 19.5 Å². The van der Waals surface area contributed by atoms with Crippen LogP contribution in [0.25, 0.3) is 0 Å². The molecule has 135 heavy (non-hydrogen) atoms. The summed E-state index contributed by atoms with van der Waals surface area (Å²) in [7, 11) is -13.3. The molecule has 6 saturated heterocycles. The van der Waals surface area contributed by atoms with Crippen molar-refractivity contribution in [2.75, 3.05) is 14.2 Å². The summed E-state index contributed by atoms with van der Waals surface area (Å²) >= 11 is 0. The van der Waals surface area contributed by atoms with Crippen LogP contribution >= 0.6 is 0 Å². The number of hydrogen-bond donors (Lipinski definition) is 1. The zero-order chi connectivity index (χ0) is 102. The summed E-state index contributed by atoms with van der Waals surface area (Å²) in [6.45, 7) is 89.3. The monoisotopic (exact) mass is 2020 g/mol. The Labute approximate surface area is 828 Å². The Morgan fingerprint density at radius 2 is 1.11 bits per heavy atom. The second-order valence-corrected chi connectivity index (χ2v) is 80.6. The Balaban J connectivity index is 1.34. The van der Waals surface area contributed by atoms with E-state index in [4.69, 9.17) is 91.5 Å². The van der Waals surface area contributed by atoms with Gasteiger partial charge in [0.05, 0.1) is 91.2 Å². The van der Waals surface area contributed by atoms with Crippen molar-refractivity contribution in [1.82, 2.24) is 0 Å². The van der Waals surface area contributed by atoms with Crippen molar-refractivity contribution in [2.45, 2.75) is 551 Å². The molecule has 782 valence electrons. The van der Waals surface area contributed by atoms with Gasteiger partial charge in [-0.05, 0) is 172 Å². The first-order chi connectivity index (χ1) is 62.5. The Bertz CT molecular complexity index is 3760. The fourth-order valence-electron chi connectivity index (χ4n) is 22.9. The second kappa shape index (κ2) is 50.7. The average Bonchev–Trinajstić information content (AvgIpc) is 0.738. The molecule has 6 aliphatic heterocycles. The number of carbonyl (C=O) groups excluding carboxylic acids is 4. The summed E-state index contributed by atoms with van der Waals surface area (Å²) in [4.78, 5) is 56.5. The highest BCUT2D eigenvalue weighted by Crippen LogP contribution is 2.55. The molecule has 0 saturated carbocycles. The number of allylic oxidation sites excluding steroid dienone is 3. The SMILES string of the molecule is C=C/C=C/[C@H](CC(=C)C[C@H]1O[C@@H]([C@H](O[Si](CC)(CC)CC)[C@@]2(OC)C[C@H](O[Si](C)(C)C(C)(C)C)[C@@H](C)[C@@H](CCC/C=C\[C@H]3C[C@H](O[Si](C)(C)C(C)(C)C)C[C@@]4(C[C@@H](OC)C[C@@H](CC(=O)[C@@H](C)[C@@H](OC(C)=O)[C@H](C)C(=C)C[C@H]5C[C@](C)(O[Si](CC)(CC)CC)C[C@@]6(C[C@@H](OC(C)=O)C[C@H](CC(=O)O[Si](C(C)C)(C(C)C)C(C)C)O6)O5)O4)O3)O2)[C@H](C)[C@@H](O[Si](CC)(CC)CC)[C@@H]1O)O[Si](C)(C)C. The molecule has 6 rings (SSSR count). The molecule has 22 nitrogen and oxygen atoms in total. The summed E-state index contributed by atoms with van der Waals surface area (Å²) < 4.78 is 123. The van der Waals surface area contributed by atoms with Crippen LogP contribution in [0, 0.1) is 23.7 Å². The minimum atomic E-state index is -2.63. The fraction of sp³-hybridized carbons (Fsp3) is 0.868. The normalized spacial score (nSPS) is 30.8. The molecule has 29 heteroatoms. The van der Waals surface area contributed by atoms with Crippen molar-refractivity contribution in [3.63, 3.8) is 0 Å². The smallest absolute Gasteiger partial charge is 0.302 e. The summed E-state index contributed by atoms with van der Waals surface area (Å²) in [5.74, 6) is -7.08. The van der Waals surface area contributed by atoms with Crippen LogP contribution in [0.15, 0.2) is 61.3 Å². The van der Waals surface area contributed by atoms with Crippen LogP contribution in [0.4, 0.5) is 0 Å². The maximum absolute atomic E-state index is 15.5. The highest BCUT2D eigenvalue weighted by Gasteiger charge is 2.63. The van der Waals surface area contributed by atoms with Gasteiger partial charge in [0.1, 0.15) is 30.2 Å². The number of aliphatic hydroxyl groups excluding tert-OH is 1. The molecule has 0 aromatic rings. The van der Waals surface area contributed by atoms with Crippen LogP contribution in [0.3, 0.4) is 0 Å². The lowest BCUT2D eigenvalue weighted by atomic mass is 9.78. The van der Waals surface area contributed by atoms with Gasteiger partial charge < -0.3 is 83.5 Å². The van der Waals surface area contributed by atoms with E-state index >= 15 is 4.79 Å². The minimum Gasteiger partial charge on any atom is -0.518 e. The van der Waals surface area contributed by atoms with Crippen LogP contribution in [-0.4, -0.2) is 222 Å². The number of esters is 2. The molecule has 0 aromatic carbocycles. The fourth-order valence-corrected chi connectivity index (χ4v) is 40.8.